The van der Waals surface area contributed by atoms with Crippen LogP contribution in [0.4, 0.5) is 5.69 Å². The van der Waals surface area contributed by atoms with Gasteiger partial charge in [0.05, 0.1) is 5.41 Å². The summed E-state index contributed by atoms with van der Waals surface area (Å²) in [5, 5.41) is 5.58. The molecule has 1 aliphatic rings. The second-order valence-electron chi connectivity index (χ2n) is 5.74. The van der Waals surface area contributed by atoms with Crippen molar-refractivity contribution in [2.75, 3.05) is 11.9 Å². The van der Waals surface area contributed by atoms with Crippen LogP contribution in [0.2, 0.25) is 0 Å². The van der Waals surface area contributed by atoms with E-state index in [0.717, 1.165) is 5.69 Å². The fraction of sp³-hybridized carbons (Fsp3) is 0.467. The van der Waals surface area contributed by atoms with E-state index in [4.69, 9.17) is 0 Å². The summed E-state index contributed by atoms with van der Waals surface area (Å²) in [4.78, 5) is 23.4. The van der Waals surface area contributed by atoms with E-state index >= 15 is 0 Å². The highest BCUT2D eigenvalue weighted by Crippen LogP contribution is 2.27. The van der Waals surface area contributed by atoms with Crippen LogP contribution < -0.4 is 10.6 Å². The molecule has 0 spiro atoms. The van der Waals surface area contributed by atoms with Crippen molar-refractivity contribution in [3.63, 3.8) is 0 Å². The molecule has 102 valence electrons. The lowest BCUT2D eigenvalue weighted by Crippen LogP contribution is -2.35. The molecule has 2 amide bonds. The first-order valence-corrected chi connectivity index (χ1v) is 6.59. The molecule has 1 unspecified atom stereocenters. The number of benzene rings is 1. The van der Waals surface area contributed by atoms with Gasteiger partial charge in [-0.2, -0.15) is 0 Å². The zero-order chi connectivity index (χ0) is 14.0. The Kier molecular flexibility index (Phi) is 3.60. The predicted octanol–water partition coefficient (Wildman–Crippen LogP) is 2.27. The van der Waals surface area contributed by atoms with Crippen LogP contribution in [0.5, 0.6) is 0 Å². The Bertz CT molecular complexity index is 493. The van der Waals surface area contributed by atoms with Crippen LogP contribution in [0.25, 0.3) is 0 Å². The van der Waals surface area contributed by atoms with Gasteiger partial charge in [-0.25, -0.2) is 0 Å². The van der Waals surface area contributed by atoms with E-state index in [-0.39, 0.29) is 18.2 Å². The minimum Gasteiger partial charge on any atom is -0.355 e. The maximum absolute atomic E-state index is 12.2. The van der Waals surface area contributed by atoms with Crippen molar-refractivity contribution in [1.82, 2.24) is 5.32 Å². The first kappa shape index (κ1) is 13.6. The molecule has 2 N–H and O–H groups in total. The largest absolute Gasteiger partial charge is 0.355 e. The molecule has 19 heavy (non-hydrogen) atoms. The average molecular weight is 260 g/mol. The summed E-state index contributed by atoms with van der Waals surface area (Å²) < 4.78 is 0. The fourth-order valence-corrected chi connectivity index (χ4v) is 2.17. The van der Waals surface area contributed by atoms with Crippen LogP contribution in [0.15, 0.2) is 24.3 Å². The van der Waals surface area contributed by atoms with E-state index < -0.39 is 5.41 Å². The second-order valence-corrected chi connectivity index (χ2v) is 5.74. The van der Waals surface area contributed by atoms with Crippen molar-refractivity contribution < 1.29 is 9.59 Å². The van der Waals surface area contributed by atoms with Crippen molar-refractivity contribution in [2.45, 2.75) is 33.1 Å². The molecule has 1 aliphatic heterocycles. The van der Waals surface area contributed by atoms with Crippen LogP contribution in [0, 0.1) is 5.41 Å². The van der Waals surface area contributed by atoms with Crippen molar-refractivity contribution in [1.29, 1.82) is 0 Å². The molecule has 0 aliphatic carbocycles. The highest BCUT2D eigenvalue weighted by atomic mass is 16.2. The van der Waals surface area contributed by atoms with Crippen LogP contribution in [0.1, 0.15) is 38.7 Å². The molecule has 1 saturated heterocycles. The Morgan fingerprint density at radius 2 is 1.95 bits per heavy atom. The molecule has 2 rings (SSSR count). The number of carbonyl (C=O) groups excluding carboxylic acids is 2. The van der Waals surface area contributed by atoms with Gasteiger partial charge < -0.3 is 10.6 Å². The third kappa shape index (κ3) is 2.95. The SMILES string of the molecule is CC(C)c1ccc(NC(=O)C2(C)CNC(=O)C2)cc1. The zero-order valence-corrected chi connectivity index (χ0v) is 11.6. The summed E-state index contributed by atoms with van der Waals surface area (Å²) in [6, 6.07) is 7.84. The van der Waals surface area contributed by atoms with Gasteiger partial charge in [0, 0.05) is 18.7 Å². The quantitative estimate of drug-likeness (QED) is 0.876. The molecular weight excluding hydrogens is 240 g/mol. The summed E-state index contributed by atoms with van der Waals surface area (Å²) in [7, 11) is 0. The first-order chi connectivity index (χ1) is 8.90. The molecule has 4 heteroatoms. The van der Waals surface area contributed by atoms with E-state index in [1.807, 2.05) is 31.2 Å². The van der Waals surface area contributed by atoms with E-state index in [0.29, 0.717) is 12.5 Å². The van der Waals surface area contributed by atoms with Gasteiger partial charge in [-0.3, -0.25) is 9.59 Å². The van der Waals surface area contributed by atoms with Crippen LogP contribution in [0.3, 0.4) is 0 Å². The lowest BCUT2D eigenvalue weighted by molar-refractivity contribution is -0.126. The monoisotopic (exact) mass is 260 g/mol. The van der Waals surface area contributed by atoms with Gasteiger partial charge >= 0.3 is 0 Å². The standard InChI is InChI=1S/C15H20N2O2/c1-10(2)11-4-6-12(7-5-11)17-14(19)15(3)8-13(18)16-9-15/h4-7,10H,8-9H2,1-3H3,(H,16,18)(H,17,19). The van der Waals surface area contributed by atoms with Gasteiger partial charge in [0.25, 0.3) is 0 Å². The Morgan fingerprint density at radius 3 is 2.42 bits per heavy atom. The predicted molar refractivity (Wildman–Crippen MR) is 74.9 cm³/mol. The van der Waals surface area contributed by atoms with E-state index in [9.17, 15) is 9.59 Å². The Hall–Kier alpha value is -1.84. The van der Waals surface area contributed by atoms with Gasteiger partial charge in [0.1, 0.15) is 0 Å². The molecule has 1 heterocycles. The van der Waals surface area contributed by atoms with E-state index in [1.54, 1.807) is 0 Å². The van der Waals surface area contributed by atoms with Crippen molar-refractivity contribution in [3.05, 3.63) is 29.8 Å². The average Bonchev–Trinajstić information content (AvgIpc) is 2.71. The summed E-state index contributed by atoms with van der Waals surface area (Å²) >= 11 is 0. The Balaban J connectivity index is 2.05. The molecule has 1 aromatic carbocycles. The Labute approximate surface area is 113 Å². The molecule has 1 atom stereocenters. The molecule has 0 bridgehead atoms. The summed E-state index contributed by atoms with van der Waals surface area (Å²) in [5.74, 6) is 0.301. The summed E-state index contributed by atoms with van der Waals surface area (Å²) in [6.45, 7) is 6.47. The highest BCUT2D eigenvalue weighted by Gasteiger charge is 2.40. The molecule has 4 nitrogen and oxygen atoms in total. The number of rotatable bonds is 3. The van der Waals surface area contributed by atoms with Gasteiger partial charge in [-0.1, -0.05) is 26.0 Å². The van der Waals surface area contributed by atoms with Gasteiger partial charge in [-0.05, 0) is 30.5 Å². The van der Waals surface area contributed by atoms with E-state index in [1.165, 1.54) is 5.56 Å². The van der Waals surface area contributed by atoms with Gasteiger partial charge in [0.2, 0.25) is 11.8 Å². The Morgan fingerprint density at radius 1 is 1.32 bits per heavy atom. The number of carbonyl (C=O) groups is 2. The normalized spacial score (nSPS) is 22.4. The van der Waals surface area contributed by atoms with E-state index in [2.05, 4.69) is 24.5 Å². The van der Waals surface area contributed by atoms with Gasteiger partial charge in [0.15, 0.2) is 0 Å². The maximum atomic E-state index is 12.2. The van der Waals surface area contributed by atoms with Crippen molar-refractivity contribution >= 4 is 17.5 Å². The lowest BCUT2D eigenvalue weighted by Gasteiger charge is -2.20. The van der Waals surface area contributed by atoms with Crippen LogP contribution >= 0.6 is 0 Å². The number of amides is 2. The zero-order valence-electron chi connectivity index (χ0n) is 11.6. The number of nitrogens with one attached hydrogen (secondary N) is 2. The van der Waals surface area contributed by atoms with Gasteiger partial charge in [-0.15, -0.1) is 0 Å². The minimum absolute atomic E-state index is 0.0622. The third-order valence-electron chi connectivity index (χ3n) is 3.61. The number of anilines is 1. The molecule has 0 aromatic heterocycles. The minimum atomic E-state index is -0.645. The summed E-state index contributed by atoms with van der Waals surface area (Å²) in [5.41, 5.74) is 1.37. The second kappa shape index (κ2) is 5.03. The molecular formula is C15H20N2O2. The van der Waals surface area contributed by atoms with Crippen molar-refractivity contribution in [3.8, 4) is 0 Å². The van der Waals surface area contributed by atoms with Crippen molar-refractivity contribution in [2.24, 2.45) is 5.41 Å². The molecule has 0 saturated carbocycles. The smallest absolute Gasteiger partial charge is 0.232 e. The fourth-order valence-electron chi connectivity index (χ4n) is 2.17. The molecule has 0 radical (unpaired) electrons. The van der Waals surface area contributed by atoms with Crippen LogP contribution in [-0.4, -0.2) is 18.4 Å². The first-order valence-electron chi connectivity index (χ1n) is 6.59. The topological polar surface area (TPSA) is 58.2 Å². The van der Waals surface area contributed by atoms with Crippen LogP contribution in [-0.2, 0) is 9.59 Å². The number of hydrogen-bond acceptors (Lipinski definition) is 2. The molecule has 1 aromatic rings. The highest BCUT2D eigenvalue weighted by molar-refractivity contribution is 5.99. The maximum Gasteiger partial charge on any atom is 0.232 e. The number of hydrogen-bond donors (Lipinski definition) is 2. The lowest BCUT2D eigenvalue weighted by atomic mass is 9.88. The molecule has 1 fully saturated rings. The third-order valence-corrected chi connectivity index (χ3v) is 3.61. The summed E-state index contributed by atoms with van der Waals surface area (Å²) in [6.07, 6.45) is 0.253.